The van der Waals surface area contributed by atoms with Gasteiger partial charge in [0, 0.05) is 22.1 Å². The Balaban J connectivity index is 2.36. The molecule has 0 saturated carbocycles. The Bertz CT molecular complexity index is 733. The van der Waals surface area contributed by atoms with Crippen LogP contribution in [0.3, 0.4) is 0 Å². The van der Waals surface area contributed by atoms with Crippen LogP contribution in [-0.2, 0) is 0 Å². The average Bonchev–Trinajstić information content (AvgIpc) is 2.45. The lowest BCUT2D eigenvalue weighted by molar-refractivity contribution is -0.389. The predicted molar refractivity (Wildman–Crippen MR) is 77.8 cm³/mol. The fraction of sp³-hybridized carbons (Fsp3) is 0.214. The van der Waals surface area contributed by atoms with Crippen LogP contribution in [0.4, 0.5) is 23.4 Å². The fourth-order valence-corrected chi connectivity index (χ4v) is 2.65. The molecule has 0 aliphatic heterocycles. The maximum absolute atomic E-state index is 14.1. The maximum atomic E-state index is 14.1. The van der Waals surface area contributed by atoms with E-state index >= 15 is 0 Å². The van der Waals surface area contributed by atoms with Gasteiger partial charge in [0.2, 0.25) is 0 Å². The molecule has 0 atom stereocenters. The minimum absolute atomic E-state index is 0.0441. The third kappa shape index (κ3) is 4.41. The van der Waals surface area contributed by atoms with Crippen molar-refractivity contribution >= 4 is 17.6 Å². The minimum Gasteiger partial charge on any atom is -0.358 e. The molecule has 1 heterocycles. The summed E-state index contributed by atoms with van der Waals surface area (Å²) in [5, 5.41) is 10.6. The van der Waals surface area contributed by atoms with Gasteiger partial charge in [-0.2, -0.15) is 13.2 Å². The van der Waals surface area contributed by atoms with Crippen LogP contribution in [0.15, 0.2) is 35.4 Å². The first-order valence-corrected chi connectivity index (χ1v) is 7.26. The number of nitrogens with zero attached hydrogens (tertiary/aromatic N) is 2. The molecule has 0 amide bonds. The van der Waals surface area contributed by atoms with Crippen LogP contribution in [0.2, 0.25) is 0 Å². The molecule has 0 fully saturated rings. The van der Waals surface area contributed by atoms with E-state index in [9.17, 15) is 27.7 Å². The van der Waals surface area contributed by atoms with E-state index in [-0.39, 0.29) is 16.0 Å². The Labute approximate surface area is 132 Å². The van der Waals surface area contributed by atoms with E-state index in [2.05, 4.69) is 4.98 Å². The molecular weight excluding hydrogens is 336 g/mol. The highest BCUT2D eigenvalue weighted by Gasteiger charge is 2.27. The molecule has 0 aliphatic rings. The molecule has 4 nitrogen and oxygen atoms in total. The molecule has 2 rings (SSSR count). The second kappa shape index (κ2) is 6.53. The van der Waals surface area contributed by atoms with Crippen LogP contribution in [0.25, 0.3) is 11.1 Å². The average molecular weight is 346 g/mol. The molecule has 23 heavy (non-hydrogen) atoms. The number of hydrogen-bond donors (Lipinski definition) is 0. The first-order chi connectivity index (χ1) is 10.7. The minimum atomic E-state index is -4.33. The number of pyridine rings is 1. The Hall–Kier alpha value is -2.16. The van der Waals surface area contributed by atoms with E-state index < -0.39 is 28.5 Å². The van der Waals surface area contributed by atoms with E-state index in [0.717, 1.165) is 18.3 Å². The Morgan fingerprint density at radius 3 is 2.52 bits per heavy atom. The third-order valence-electron chi connectivity index (χ3n) is 2.90. The van der Waals surface area contributed by atoms with E-state index in [1.807, 2.05) is 0 Å². The van der Waals surface area contributed by atoms with Crippen LogP contribution in [0.1, 0.15) is 5.56 Å². The molecule has 0 saturated heterocycles. The highest BCUT2D eigenvalue weighted by Crippen LogP contribution is 2.34. The Morgan fingerprint density at radius 1 is 1.30 bits per heavy atom. The quantitative estimate of drug-likeness (QED) is 0.347. The van der Waals surface area contributed by atoms with Crippen LogP contribution < -0.4 is 0 Å². The van der Waals surface area contributed by atoms with Gasteiger partial charge in [0.25, 0.3) is 0 Å². The van der Waals surface area contributed by atoms with Crippen molar-refractivity contribution in [2.75, 3.05) is 5.75 Å². The van der Waals surface area contributed by atoms with Crippen molar-refractivity contribution in [1.82, 2.24) is 4.98 Å². The summed E-state index contributed by atoms with van der Waals surface area (Å²) in [7, 11) is 0. The summed E-state index contributed by atoms with van der Waals surface area (Å²) in [6.07, 6.45) is -3.22. The molecule has 0 N–H and O–H groups in total. The van der Waals surface area contributed by atoms with Gasteiger partial charge in [0.1, 0.15) is 12.0 Å². The molecule has 1 aromatic heterocycles. The molecule has 0 aliphatic carbocycles. The van der Waals surface area contributed by atoms with Crippen molar-refractivity contribution in [3.63, 3.8) is 0 Å². The van der Waals surface area contributed by atoms with E-state index in [1.54, 1.807) is 0 Å². The lowest BCUT2D eigenvalue weighted by Gasteiger charge is -2.11. The number of nitro groups is 1. The topological polar surface area (TPSA) is 56.0 Å². The van der Waals surface area contributed by atoms with Crippen LogP contribution in [-0.4, -0.2) is 21.8 Å². The number of halogens is 4. The van der Waals surface area contributed by atoms with E-state index in [0.29, 0.717) is 17.3 Å². The van der Waals surface area contributed by atoms with Gasteiger partial charge in [-0.05, 0) is 40.6 Å². The molecule has 0 unspecified atom stereocenters. The van der Waals surface area contributed by atoms with Gasteiger partial charge in [-0.3, -0.25) is 0 Å². The van der Waals surface area contributed by atoms with Gasteiger partial charge in [0.05, 0.1) is 5.75 Å². The maximum Gasteiger partial charge on any atom is 0.398 e. The second-order valence-corrected chi connectivity index (χ2v) is 5.68. The summed E-state index contributed by atoms with van der Waals surface area (Å²) in [5.41, 5.74) is 0.681. The number of alkyl halides is 3. The molecule has 9 heteroatoms. The predicted octanol–water partition coefficient (Wildman–Crippen LogP) is 4.76. The van der Waals surface area contributed by atoms with Gasteiger partial charge in [-0.25, -0.2) is 4.39 Å². The molecule has 0 radical (unpaired) electrons. The summed E-state index contributed by atoms with van der Waals surface area (Å²) < 4.78 is 51.0. The summed E-state index contributed by atoms with van der Waals surface area (Å²) in [6, 6.07) is 4.84. The van der Waals surface area contributed by atoms with Crippen LogP contribution >= 0.6 is 11.8 Å². The van der Waals surface area contributed by atoms with Gasteiger partial charge in [-0.1, -0.05) is 0 Å². The lowest BCUT2D eigenvalue weighted by Crippen LogP contribution is -2.10. The fourth-order valence-electron chi connectivity index (χ4n) is 1.84. The number of aryl methyl sites for hydroxylation is 1. The van der Waals surface area contributed by atoms with E-state index in [1.165, 1.54) is 19.1 Å². The molecule has 0 spiro atoms. The molecular formula is C14H10F4N2O2S. The smallest absolute Gasteiger partial charge is 0.358 e. The van der Waals surface area contributed by atoms with Crippen molar-refractivity contribution in [1.29, 1.82) is 0 Å². The van der Waals surface area contributed by atoms with Crippen LogP contribution in [0, 0.1) is 22.9 Å². The van der Waals surface area contributed by atoms with Gasteiger partial charge in [0.15, 0.2) is 0 Å². The summed E-state index contributed by atoms with van der Waals surface area (Å²) in [4.78, 5) is 13.7. The van der Waals surface area contributed by atoms with E-state index in [4.69, 9.17) is 0 Å². The number of thioether (sulfide) groups is 1. The highest BCUT2D eigenvalue weighted by atomic mass is 32.2. The first kappa shape index (κ1) is 17.2. The SMILES string of the molecule is Cc1cc(F)c(-c2ccc([N+](=O)[O-])nc2)cc1SCC(F)(F)F. The Kier molecular flexibility index (Phi) is 4.88. The Morgan fingerprint density at radius 2 is 2.00 bits per heavy atom. The van der Waals surface area contributed by atoms with Crippen molar-refractivity contribution in [2.24, 2.45) is 0 Å². The molecule has 122 valence electrons. The standard InChI is InChI=1S/C14H10F4N2O2S/c1-8-4-11(15)10(5-12(8)23-7-14(16,17)18)9-2-3-13(19-6-9)20(21)22/h2-6H,7H2,1H3. The number of benzene rings is 1. The lowest BCUT2D eigenvalue weighted by atomic mass is 10.1. The zero-order valence-electron chi connectivity index (χ0n) is 11.7. The number of rotatable bonds is 4. The zero-order valence-corrected chi connectivity index (χ0v) is 12.5. The summed E-state index contributed by atoms with van der Waals surface area (Å²) in [5.74, 6) is -2.11. The normalized spacial score (nSPS) is 11.5. The van der Waals surface area contributed by atoms with Crippen molar-refractivity contribution < 1.29 is 22.5 Å². The zero-order chi connectivity index (χ0) is 17.2. The number of hydrogen-bond acceptors (Lipinski definition) is 4. The van der Waals surface area contributed by atoms with Crippen molar-refractivity contribution in [3.8, 4) is 11.1 Å². The monoisotopic (exact) mass is 346 g/mol. The van der Waals surface area contributed by atoms with Crippen LogP contribution in [0.5, 0.6) is 0 Å². The van der Waals surface area contributed by atoms with Gasteiger partial charge in [-0.15, -0.1) is 11.8 Å². The van der Waals surface area contributed by atoms with Gasteiger partial charge < -0.3 is 10.1 Å². The molecule has 2 aromatic rings. The summed E-state index contributed by atoms with van der Waals surface area (Å²) >= 11 is 0.559. The largest absolute Gasteiger partial charge is 0.398 e. The molecule has 1 aromatic carbocycles. The molecule has 0 bridgehead atoms. The van der Waals surface area contributed by atoms with Crippen molar-refractivity contribution in [3.05, 3.63) is 52.0 Å². The van der Waals surface area contributed by atoms with Gasteiger partial charge >= 0.3 is 12.0 Å². The highest BCUT2D eigenvalue weighted by molar-refractivity contribution is 7.99. The van der Waals surface area contributed by atoms with Crippen molar-refractivity contribution in [2.45, 2.75) is 18.0 Å². The third-order valence-corrected chi connectivity index (χ3v) is 4.12. The second-order valence-electron chi connectivity index (χ2n) is 4.66. The first-order valence-electron chi connectivity index (χ1n) is 6.28. The summed E-state index contributed by atoms with van der Waals surface area (Å²) in [6.45, 7) is 1.51. The number of aromatic nitrogens is 1.